The molecule has 0 saturated heterocycles. The number of unbranched alkanes of at least 4 members (excludes halogenated alkanes) is 1. The van der Waals surface area contributed by atoms with Gasteiger partial charge in [-0.05, 0) is 24.1 Å². The number of rotatable bonds is 7. The fraction of sp³-hybridized carbons (Fsp3) is 0.571. The van der Waals surface area contributed by atoms with Crippen LogP contribution in [0.15, 0.2) is 12.1 Å². The number of nitrogens with two attached hydrogens (primary N) is 1. The SMILES string of the molecule is CCCC[C@H](N)c1cc(OC)c(OC)c(OC)c1. The van der Waals surface area contributed by atoms with Gasteiger partial charge in [-0.15, -0.1) is 0 Å². The molecule has 1 aromatic rings. The summed E-state index contributed by atoms with van der Waals surface area (Å²) < 4.78 is 15.9. The molecule has 0 bridgehead atoms. The summed E-state index contributed by atoms with van der Waals surface area (Å²) in [5.74, 6) is 1.91. The topological polar surface area (TPSA) is 53.7 Å². The van der Waals surface area contributed by atoms with Gasteiger partial charge in [0, 0.05) is 6.04 Å². The van der Waals surface area contributed by atoms with Crippen LogP contribution in [0.25, 0.3) is 0 Å². The van der Waals surface area contributed by atoms with Crippen LogP contribution in [0, 0.1) is 0 Å². The number of ether oxygens (including phenoxy) is 3. The molecule has 2 N–H and O–H groups in total. The normalized spacial score (nSPS) is 12.1. The van der Waals surface area contributed by atoms with E-state index in [9.17, 15) is 0 Å². The van der Waals surface area contributed by atoms with Crippen LogP contribution < -0.4 is 19.9 Å². The summed E-state index contributed by atoms with van der Waals surface area (Å²) in [4.78, 5) is 0. The molecule has 0 heterocycles. The molecule has 0 unspecified atom stereocenters. The summed E-state index contributed by atoms with van der Waals surface area (Å²) in [6.07, 6.45) is 3.20. The largest absolute Gasteiger partial charge is 0.493 e. The average Bonchev–Trinajstić information content (AvgIpc) is 2.42. The van der Waals surface area contributed by atoms with Gasteiger partial charge in [0.05, 0.1) is 21.3 Å². The highest BCUT2D eigenvalue weighted by atomic mass is 16.5. The van der Waals surface area contributed by atoms with Gasteiger partial charge < -0.3 is 19.9 Å². The van der Waals surface area contributed by atoms with E-state index in [2.05, 4.69) is 6.92 Å². The van der Waals surface area contributed by atoms with Crippen molar-refractivity contribution in [3.8, 4) is 17.2 Å². The van der Waals surface area contributed by atoms with Gasteiger partial charge in [-0.3, -0.25) is 0 Å². The van der Waals surface area contributed by atoms with Crippen LogP contribution in [-0.4, -0.2) is 21.3 Å². The van der Waals surface area contributed by atoms with Gasteiger partial charge in [-0.1, -0.05) is 19.8 Å². The van der Waals surface area contributed by atoms with Crippen LogP contribution in [0.2, 0.25) is 0 Å². The Balaban J connectivity index is 3.06. The van der Waals surface area contributed by atoms with Crippen molar-refractivity contribution in [1.29, 1.82) is 0 Å². The first-order valence-electron chi connectivity index (χ1n) is 6.23. The van der Waals surface area contributed by atoms with E-state index in [1.54, 1.807) is 21.3 Å². The van der Waals surface area contributed by atoms with Crippen molar-refractivity contribution >= 4 is 0 Å². The van der Waals surface area contributed by atoms with Crippen molar-refractivity contribution in [2.45, 2.75) is 32.2 Å². The predicted molar refractivity (Wildman–Crippen MR) is 72.6 cm³/mol. The maximum atomic E-state index is 6.17. The standard InChI is InChI=1S/C14H23NO3/c1-5-6-7-11(15)10-8-12(16-2)14(18-4)13(9-10)17-3/h8-9,11H,5-7,15H2,1-4H3/t11-/m0/s1. The molecule has 4 heteroatoms. The molecule has 0 aliphatic heterocycles. The lowest BCUT2D eigenvalue weighted by molar-refractivity contribution is 0.323. The zero-order valence-corrected chi connectivity index (χ0v) is 11.7. The minimum Gasteiger partial charge on any atom is -0.493 e. The smallest absolute Gasteiger partial charge is 0.203 e. The van der Waals surface area contributed by atoms with E-state index >= 15 is 0 Å². The zero-order valence-electron chi connectivity index (χ0n) is 11.7. The number of hydrogen-bond donors (Lipinski definition) is 1. The Morgan fingerprint density at radius 2 is 1.61 bits per heavy atom. The lowest BCUT2D eigenvalue weighted by Crippen LogP contribution is -2.11. The third-order valence-corrected chi connectivity index (χ3v) is 2.98. The van der Waals surface area contributed by atoms with Crippen molar-refractivity contribution in [2.75, 3.05) is 21.3 Å². The molecule has 0 aliphatic rings. The summed E-state index contributed by atoms with van der Waals surface area (Å²) in [5, 5.41) is 0. The molecule has 0 amide bonds. The molecule has 0 saturated carbocycles. The molecule has 0 fully saturated rings. The van der Waals surface area contributed by atoms with Crippen LogP contribution in [0.4, 0.5) is 0 Å². The van der Waals surface area contributed by atoms with E-state index < -0.39 is 0 Å². The number of methoxy groups -OCH3 is 3. The minimum atomic E-state index is -0.00124. The molecule has 18 heavy (non-hydrogen) atoms. The van der Waals surface area contributed by atoms with Crippen molar-refractivity contribution in [3.63, 3.8) is 0 Å². The molecule has 1 aromatic carbocycles. The first kappa shape index (κ1) is 14.6. The molecule has 0 radical (unpaired) electrons. The Labute approximate surface area is 109 Å². The van der Waals surface area contributed by atoms with Crippen molar-refractivity contribution in [1.82, 2.24) is 0 Å². The van der Waals surface area contributed by atoms with Crippen LogP contribution >= 0.6 is 0 Å². The second-order valence-corrected chi connectivity index (χ2v) is 4.21. The maximum Gasteiger partial charge on any atom is 0.203 e. The summed E-state index contributed by atoms with van der Waals surface area (Å²) in [6, 6.07) is 3.84. The van der Waals surface area contributed by atoms with Gasteiger partial charge in [0.25, 0.3) is 0 Å². The van der Waals surface area contributed by atoms with Crippen LogP contribution in [0.3, 0.4) is 0 Å². The maximum absolute atomic E-state index is 6.17. The van der Waals surface area contributed by atoms with E-state index in [0.717, 1.165) is 24.8 Å². The van der Waals surface area contributed by atoms with E-state index in [-0.39, 0.29) is 6.04 Å². The molecule has 102 valence electrons. The first-order valence-corrected chi connectivity index (χ1v) is 6.23. The van der Waals surface area contributed by atoms with Crippen LogP contribution in [0.5, 0.6) is 17.2 Å². The fourth-order valence-electron chi connectivity index (χ4n) is 1.91. The zero-order chi connectivity index (χ0) is 13.5. The summed E-state index contributed by atoms with van der Waals surface area (Å²) >= 11 is 0. The van der Waals surface area contributed by atoms with Gasteiger partial charge in [-0.2, -0.15) is 0 Å². The van der Waals surface area contributed by atoms with Gasteiger partial charge in [0.2, 0.25) is 5.75 Å². The Morgan fingerprint density at radius 3 is 2.00 bits per heavy atom. The third-order valence-electron chi connectivity index (χ3n) is 2.98. The molecule has 1 rings (SSSR count). The molecular weight excluding hydrogens is 230 g/mol. The van der Waals surface area contributed by atoms with E-state index in [1.165, 1.54) is 0 Å². The lowest BCUT2D eigenvalue weighted by atomic mass is 10.0. The van der Waals surface area contributed by atoms with Gasteiger partial charge in [0.15, 0.2) is 11.5 Å². The minimum absolute atomic E-state index is 0.00124. The van der Waals surface area contributed by atoms with E-state index in [0.29, 0.717) is 17.2 Å². The molecule has 1 atom stereocenters. The quantitative estimate of drug-likeness (QED) is 0.811. The Bertz CT molecular complexity index is 354. The Morgan fingerprint density at radius 1 is 1.06 bits per heavy atom. The first-order chi connectivity index (χ1) is 8.67. The molecule has 0 aromatic heterocycles. The second kappa shape index (κ2) is 7.11. The van der Waals surface area contributed by atoms with Crippen molar-refractivity contribution in [2.24, 2.45) is 5.73 Å². The van der Waals surface area contributed by atoms with Gasteiger partial charge in [-0.25, -0.2) is 0 Å². The number of hydrogen-bond acceptors (Lipinski definition) is 4. The molecular formula is C14H23NO3. The molecule has 0 aliphatic carbocycles. The summed E-state index contributed by atoms with van der Waals surface area (Å²) in [6.45, 7) is 2.15. The highest BCUT2D eigenvalue weighted by Gasteiger charge is 2.16. The Kier molecular flexibility index (Phi) is 5.78. The van der Waals surface area contributed by atoms with Gasteiger partial charge >= 0.3 is 0 Å². The molecule has 0 spiro atoms. The lowest BCUT2D eigenvalue weighted by Gasteiger charge is -2.17. The highest BCUT2D eigenvalue weighted by Crippen LogP contribution is 2.39. The Hall–Kier alpha value is -1.42. The monoisotopic (exact) mass is 253 g/mol. The number of benzene rings is 1. The van der Waals surface area contributed by atoms with E-state index in [1.807, 2.05) is 12.1 Å². The average molecular weight is 253 g/mol. The van der Waals surface area contributed by atoms with Crippen LogP contribution in [-0.2, 0) is 0 Å². The summed E-state index contributed by atoms with van der Waals surface area (Å²) in [7, 11) is 4.81. The predicted octanol–water partition coefficient (Wildman–Crippen LogP) is 2.90. The van der Waals surface area contributed by atoms with Crippen molar-refractivity contribution < 1.29 is 14.2 Å². The van der Waals surface area contributed by atoms with Gasteiger partial charge in [0.1, 0.15) is 0 Å². The molecule has 4 nitrogen and oxygen atoms in total. The second-order valence-electron chi connectivity index (χ2n) is 4.21. The van der Waals surface area contributed by atoms with E-state index in [4.69, 9.17) is 19.9 Å². The van der Waals surface area contributed by atoms with Crippen molar-refractivity contribution in [3.05, 3.63) is 17.7 Å². The fourth-order valence-corrected chi connectivity index (χ4v) is 1.91. The third kappa shape index (κ3) is 3.29. The van der Waals surface area contributed by atoms with Crippen LogP contribution in [0.1, 0.15) is 37.8 Å². The summed E-state index contributed by atoms with van der Waals surface area (Å²) in [5.41, 5.74) is 7.18. The highest BCUT2D eigenvalue weighted by molar-refractivity contribution is 5.54.